The fourth-order valence-electron chi connectivity index (χ4n) is 0.582. The normalized spacial score (nSPS) is 18.0. The van der Waals surface area contributed by atoms with Crippen LogP contribution in [0.1, 0.15) is 6.42 Å². The SMILES string of the molecule is FC([CH]C(F)C(F)(F)F)CC(F)(F)F. The summed E-state index contributed by atoms with van der Waals surface area (Å²) in [6.45, 7) is 0. The lowest BCUT2D eigenvalue weighted by Crippen LogP contribution is -2.30. The van der Waals surface area contributed by atoms with Gasteiger partial charge in [0.25, 0.3) is 0 Å². The number of halogens is 8. The molecule has 0 saturated carbocycles. The Morgan fingerprint density at radius 3 is 1.64 bits per heavy atom. The topological polar surface area (TPSA) is 0 Å². The summed E-state index contributed by atoms with van der Waals surface area (Å²) in [6.07, 6.45) is -19.8. The maximum Gasteiger partial charge on any atom is 0.420 e. The van der Waals surface area contributed by atoms with E-state index in [1.54, 1.807) is 0 Å². The van der Waals surface area contributed by atoms with Crippen LogP contribution in [-0.4, -0.2) is 24.7 Å². The first-order valence-electron chi connectivity index (χ1n) is 3.29. The van der Waals surface area contributed by atoms with E-state index < -0.39 is 37.5 Å². The molecule has 85 valence electrons. The maximum atomic E-state index is 12.2. The van der Waals surface area contributed by atoms with E-state index in [9.17, 15) is 35.1 Å². The Hall–Kier alpha value is -0.560. The highest BCUT2D eigenvalue weighted by molar-refractivity contribution is 4.89. The molecule has 14 heavy (non-hydrogen) atoms. The molecule has 0 aliphatic heterocycles. The zero-order valence-corrected chi connectivity index (χ0v) is 6.46. The standard InChI is InChI=1S/C6H5F8/c7-3(2-5(9,10)11)1-4(8)6(12,13)14/h1,3-4H,2H2. The van der Waals surface area contributed by atoms with Crippen molar-refractivity contribution in [1.29, 1.82) is 0 Å². The monoisotopic (exact) mass is 229 g/mol. The van der Waals surface area contributed by atoms with Gasteiger partial charge in [-0.25, -0.2) is 8.78 Å². The Bertz CT molecular complexity index is 168. The molecule has 0 saturated heterocycles. The van der Waals surface area contributed by atoms with Crippen LogP contribution in [0.25, 0.3) is 0 Å². The van der Waals surface area contributed by atoms with Crippen LogP contribution in [0.3, 0.4) is 0 Å². The van der Waals surface area contributed by atoms with Crippen LogP contribution >= 0.6 is 0 Å². The Labute approximate surface area is 73.9 Å². The third-order valence-electron chi connectivity index (χ3n) is 1.12. The van der Waals surface area contributed by atoms with E-state index in [1.165, 1.54) is 0 Å². The van der Waals surface area contributed by atoms with Crippen LogP contribution in [0, 0.1) is 6.42 Å². The molecule has 1 radical (unpaired) electrons. The number of rotatable bonds is 3. The Balaban J connectivity index is 4.01. The first-order valence-corrected chi connectivity index (χ1v) is 3.29. The van der Waals surface area contributed by atoms with Crippen LogP contribution in [0.5, 0.6) is 0 Å². The van der Waals surface area contributed by atoms with Gasteiger partial charge in [0.1, 0.15) is 6.17 Å². The van der Waals surface area contributed by atoms with Crippen molar-refractivity contribution in [1.82, 2.24) is 0 Å². The van der Waals surface area contributed by atoms with E-state index in [4.69, 9.17) is 0 Å². The van der Waals surface area contributed by atoms with Gasteiger partial charge in [-0.3, -0.25) is 0 Å². The fourth-order valence-corrected chi connectivity index (χ4v) is 0.582. The molecule has 8 heteroatoms. The van der Waals surface area contributed by atoms with Crippen molar-refractivity contribution in [2.75, 3.05) is 0 Å². The van der Waals surface area contributed by atoms with E-state index in [0.717, 1.165) is 0 Å². The molecule has 0 fully saturated rings. The van der Waals surface area contributed by atoms with Gasteiger partial charge in [-0.15, -0.1) is 0 Å². The van der Waals surface area contributed by atoms with Crippen molar-refractivity contribution in [3.05, 3.63) is 6.42 Å². The second kappa shape index (κ2) is 4.31. The molecule has 0 aliphatic carbocycles. The summed E-state index contributed by atoms with van der Waals surface area (Å²) in [5.41, 5.74) is 0. The van der Waals surface area contributed by atoms with E-state index in [-0.39, 0.29) is 0 Å². The van der Waals surface area contributed by atoms with Crippen molar-refractivity contribution in [3.63, 3.8) is 0 Å². The maximum absolute atomic E-state index is 12.2. The zero-order chi connectivity index (χ0) is 11.6. The molecule has 0 heterocycles. The lowest BCUT2D eigenvalue weighted by Gasteiger charge is -2.15. The van der Waals surface area contributed by atoms with Gasteiger partial charge in [0.05, 0.1) is 6.42 Å². The van der Waals surface area contributed by atoms with Crippen molar-refractivity contribution < 1.29 is 35.1 Å². The molecule has 0 rings (SSSR count). The minimum atomic E-state index is -5.37. The lowest BCUT2D eigenvalue weighted by molar-refractivity contribution is -0.177. The zero-order valence-electron chi connectivity index (χ0n) is 6.46. The first-order chi connectivity index (χ1) is 6.02. The predicted molar refractivity (Wildman–Crippen MR) is 30.8 cm³/mol. The Morgan fingerprint density at radius 2 is 1.36 bits per heavy atom. The summed E-state index contributed by atoms with van der Waals surface area (Å²) in [4.78, 5) is 0. The van der Waals surface area contributed by atoms with Gasteiger partial charge in [0.2, 0.25) is 6.17 Å². The Kier molecular flexibility index (Phi) is 4.14. The van der Waals surface area contributed by atoms with Crippen LogP contribution in [0.15, 0.2) is 0 Å². The van der Waals surface area contributed by atoms with Crippen molar-refractivity contribution in [3.8, 4) is 0 Å². The van der Waals surface area contributed by atoms with Gasteiger partial charge in [-0.2, -0.15) is 26.3 Å². The molecule has 0 spiro atoms. The van der Waals surface area contributed by atoms with Crippen molar-refractivity contribution in [2.24, 2.45) is 0 Å². The van der Waals surface area contributed by atoms with Crippen LogP contribution in [-0.2, 0) is 0 Å². The lowest BCUT2D eigenvalue weighted by atomic mass is 10.1. The summed E-state index contributed by atoms with van der Waals surface area (Å²) in [5.74, 6) is 0. The highest BCUT2D eigenvalue weighted by atomic mass is 19.4. The molecule has 0 aromatic rings. The largest absolute Gasteiger partial charge is 0.420 e. The third-order valence-corrected chi connectivity index (χ3v) is 1.12. The van der Waals surface area contributed by atoms with Crippen LogP contribution < -0.4 is 0 Å². The van der Waals surface area contributed by atoms with E-state index >= 15 is 0 Å². The van der Waals surface area contributed by atoms with Gasteiger partial charge < -0.3 is 0 Å². The minimum Gasteiger partial charge on any atom is -0.247 e. The van der Waals surface area contributed by atoms with E-state index in [1.807, 2.05) is 0 Å². The molecule has 0 N–H and O–H groups in total. The molecule has 0 amide bonds. The average Bonchev–Trinajstić information content (AvgIpc) is 1.79. The molecular weight excluding hydrogens is 224 g/mol. The van der Waals surface area contributed by atoms with Gasteiger partial charge in [0, 0.05) is 6.42 Å². The summed E-state index contributed by atoms with van der Waals surface area (Å²) in [6, 6.07) is 0. The first kappa shape index (κ1) is 13.4. The van der Waals surface area contributed by atoms with E-state index in [0.29, 0.717) is 0 Å². The molecule has 0 nitrogen and oxygen atoms in total. The second-order valence-corrected chi connectivity index (χ2v) is 2.47. The van der Waals surface area contributed by atoms with Crippen molar-refractivity contribution in [2.45, 2.75) is 31.1 Å². The Morgan fingerprint density at radius 1 is 0.929 bits per heavy atom. The molecular formula is C6H5F8. The summed E-state index contributed by atoms with van der Waals surface area (Å²) >= 11 is 0. The third kappa shape index (κ3) is 5.98. The van der Waals surface area contributed by atoms with Crippen LogP contribution in [0.4, 0.5) is 35.1 Å². The molecule has 0 aromatic heterocycles. The molecule has 0 aliphatic rings. The van der Waals surface area contributed by atoms with Gasteiger partial charge >= 0.3 is 12.4 Å². The number of hydrogen-bond acceptors (Lipinski definition) is 0. The highest BCUT2D eigenvalue weighted by Gasteiger charge is 2.43. The quantitative estimate of drug-likeness (QED) is 0.650. The smallest absolute Gasteiger partial charge is 0.247 e. The molecule has 2 unspecified atom stereocenters. The number of alkyl halides is 8. The van der Waals surface area contributed by atoms with Gasteiger partial charge in [0.15, 0.2) is 0 Å². The summed E-state index contributed by atoms with van der Waals surface area (Å²) in [5, 5.41) is 0. The van der Waals surface area contributed by atoms with Crippen molar-refractivity contribution >= 4 is 0 Å². The molecule has 0 aromatic carbocycles. The minimum absolute atomic E-state index is 0.659. The summed E-state index contributed by atoms with van der Waals surface area (Å²) < 4.78 is 92.4. The van der Waals surface area contributed by atoms with E-state index in [2.05, 4.69) is 0 Å². The van der Waals surface area contributed by atoms with Gasteiger partial charge in [-0.05, 0) is 0 Å². The highest BCUT2D eigenvalue weighted by Crippen LogP contribution is 2.30. The fraction of sp³-hybridized carbons (Fsp3) is 0.833. The average molecular weight is 229 g/mol. The van der Waals surface area contributed by atoms with Gasteiger partial charge in [-0.1, -0.05) is 0 Å². The predicted octanol–water partition coefficient (Wildman–Crippen LogP) is 3.38. The van der Waals surface area contributed by atoms with Crippen LogP contribution in [0.2, 0.25) is 0 Å². The number of hydrogen-bond donors (Lipinski definition) is 0. The molecule has 0 bridgehead atoms. The summed E-state index contributed by atoms with van der Waals surface area (Å²) in [7, 11) is 0. The molecule has 2 atom stereocenters. The second-order valence-electron chi connectivity index (χ2n) is 2.47.